The highest BCUT2D eigenvalue weighted by Crippen LogP contribution is 2.21. The van der Waals surface area contributed by atoms with Crippen molar-refractivity contribution < 1.29 is 0 Å². The fourth-order valence-electron chi connectivity index (χ4n) is 2.46. The van der Waals surface area contributed by atoms with Crippen LogP contribution in [0.15, 0.2) is 24.4 Å². The Labute approximate surface area is 101 Å². The Kier molecular flexibility index (Phi) is 2.96. The van der Waals surface area contributed by atoms with E-state index in [0.29, 0.717) is 0 Å². The van der Waals surface area contributed by atoms with Crippen molar-refractivity contribution in [2.24, 2.45) is 5.92 Å². The van der Waals surface area contributed by atoms with Crippen LogP contribution in [0.5, 0.6) is 0 Å². The number of aromatic nitrogens is 2. The third kappa shape index (κ3) is 2.26. The second-order valence-electron chi connectivity index (χ2n) is 4.71. The summed E-state index contributed by atoms with van der Waals surface area (Å²) in [6, 6.07) is 6.26. The van der Waals surface area contributed by atoms with Crippen LogP contribution >= 0.6 is 0 Å². The van der Waals surface area contributed by atoms with Crippen molar-refractivity contribution in [1.82, 2.24) is 15.5 Å². The minimum atomic E-state index is 0.787. The van der Waals surface area contributed by atoms with Crippen LogP contribution < -0.4 is 10.6 Å². The van der Waals surface area contributed by atoms with E-state index in [2.05, 4.69) is 39.0 Å². The zero-order chi connectivity index (χ0) is 11.5. The van der Waals surface area contributed by atoms with Crippen molar-refractivity contribution in [2.75, 3.05) is 25.0 Å². The molecule has 0 aliphatic carbocycles. The largest absolute Gasteiger partial charge is 0.383 e. The number of hydrogen-bond donors (Lipinski definition) is 3. The number of hydrogen-bond acceptors (Lipinski definition) is 3. The molecule has 0 unspecified atom stereocenters. The normalized spacial score (nSPS) is 17.4. The molecule has 1 aliphatic rings. The van der Waals surface area contributed by atoms with Gasteiger partial charge >= 0.3 is 0 Å². The standard InChI is InChI=1S/C13H18N4/c1-2-11-9-16-17-13(11)12(3-1)15-8-10-4-6-14-7-5-10/h1-3,9-10,14-15H,4-8H2,(H,16,17). The summed E-state index contributed by atoms with van der Waals surface area (Å²) in [6.07, 6.45) is 4.41. The van der Waals surface area contributed by atoms with Crippen molar-refractivity contribution in [3.63, 3.8) is 0 Å². The lowest BCUT2D eigenvalue weighted by Crippen LogP contribution is -2.31. The molecular weight excluding hydrogens is 212 g/mol. The molecule has 17 heavy (non-hydrogen) atoms. The quantitative estimate of drug-likeness (QED) is 0.755. The molecule has 4 heteroatoms. The van der Waals surface area contributed by atoms with Gasteiger partial charge in [-0.15, -0.1) is 0 Å². The summed E-state index contributed by atoms with van der Waals surface area (Å²) >= 11 is 0. The maximum Gasteiger partial charge on any atom is 0.0881 e. The average molecular weight is 230 g/mol. The van der Waals surface area contributed by atoms with Crippen molar-refractivity contribution in [3.05, 3.63) is 24.4 Å². The lowest BCUT2D eigenvalue weighted by Gasteiger charge is -2.23. The molecule has 90 valence electrons. The van der Waals surface area contributed by atoms with Crippen LogP contribution in [0.1, 0.15) is 12.8 Å². The number of anilines is 1. The molecule has 2 aromatic rings. The number of piperidine rings is 1. The first-order chi connectivity index (χ1) is 8.43. The van der Waals surface area contributed by atoms with Gasteiger partial charge in [0.15, 0.2) is 0 Å². The van der Waals surface area contributed by atoms with Gasteiger partial charge in [0.05, 0.1) is 17.4 Å². The monoisotopic (exact) mass is 230 g/mol. The molecule has 1 aromatic heterocycles. The Morgan fingerprint density at radius 1 is 1.29 bits per heavy atom. The molecule has 4 nitrogen and oxygen atoms in total. The van der Waals surface area contributed by atoms with E-state index < -0.39 is 0 Å². The van der Waals surface area contributed by atoms with Crippen LogP contribution in [0, 0.1) is 5.92 Å². The first-order valence-electron chi connectivity index (χ1n) is 6.30. The van der Waals surface area contributed by atoms with E-state index in [9.17, 15) is 0 Å². The van der Waals surface area contributed by atoms with Crippen LogP contribution in [-0.4, -0.2) is 29.8 Å². The SMILES string of the molecule is c1cc(NCC2CCNCC2)c2[nH]ncc2c1. The Bertz CT molecular complexity index is 485. The van der Waals surface area contributed by atoms with Crippen LogP contribution in [-0.2, 0) is 0 Å². The van der Waals surface area contributed by atoms with Gasteiger partial charge in [0.25, 0.3) is 0 Å². The Morgan fingerprint density at radius 2 is 2.18 bits per heavy atom. The molecule has 3 N–H and O–H groups in total. The van der Waals surface area contributed by atoms with Crippen LogP contribution in [0.25, 0.3) is 10.9 Å². The molecule has 0 amide bonds. The van der Waals surface area contributed by atoms with Gasteiger partial charge < -0.3 is 10.6 Å². The van der Waals surface area contributed by atoms with Gasteiger partial charge in [-0.1, -0.05) is 12.1 Å². The van der Waals surface area contributed by atoms with Crippen LogP contribution in [0.3, 0.4) is 0 Å². The molecule has 2 heterocycles. The summed E-state index contributed by atoms with van der Waals surface area (Å²) in [5, 5.41) is 15.2. The first kappa shape index (κ1) is 10.6. The Balaban J connectivity index is 1.69. The molecule has 0 saturated carbocycles. The van der Waals surface area contributed by atoms with Crippen molar-refractivity contribution in [3.8, 4) is 0 Å². The fraction of sp³-hybridized carbons (Fsp3) is 0.462. The van der Waals surface area contributed by atoms with Crippen LogP contribution in [0.4, 0.5) is 5.69 Å². The third-order valence-electron chi connectivity index (χ3n) is 3.52. The molecule has 0 radical (unpaired) electrons. The number of aromatic amines is 1. The number of para-hydroxylation sites is 1. The lowest BCUT2D eigenvalue weighted by atomic mass is 9.98. The number of nitrogens with zero attached hydrogens (tertiary/aromatic N) is 1. The molecule has 0 bridgehead atoms. The van der Waals surface area contributed by atoms with E-state index in [1.165, 1.54) is 23.9 Å². The molecular formula is C13H18N4. The van der Waals surface area contributed by atoms with Gasteiger partial charge in [-0.2, -0.15) is 5.10 Å². The van der Waals surface area contributed by atoms with E-state index in [-0.39, 0.29) is 0 Å². The summed E-state index contributed by atoms with van der Waals surface area (Å²) in [6.45, 7) is 3.36. The molecule has 3 rings (SSSR count). The molecule has 0 spiro atoms. The zero-order valence-electron chi connectivity index (χ0n) is 9.87. The molecule has 1 fully saturated rings. The second-order valence-corrected chi connectivity index (χ2v) is 4.71. The van der Waals surface area contributed by atoms with E-state index in [1.807, 2.05) is 6.20 Å². The highest BCUT2D eigenvalue weighted by molar-refractivity contribution is 5.89. The fourth-order valence-corrected chi connectivity index (χ4v) is 2.46. The summed E-state index contributed by atoms with van der Waals surface area (Å²) < 4.78 is 0. The first-order valence-corrected chi connectivity index (χ1v) is 6.30. The van der Waals surface area contributed by atoms with Crippen molar-refractivity contribution >= 4 is 16.6 Å². The Morgan fingerprint density at radius 3 is 3.06 bits per heavy atom. The average Bonchev–Trinajstić information content (AvgIpc) is 2.86. The van der Waals surface area contributed by atoms with Gasteiger partial charge in [0.1, 0.15) is 0 Å². The van der Waals surface area contributed by atoms with Crippen molar-refractivity contribution in [2.45, 2.75) is 12.8 Å². The number of rotatable bonds is 3. The maximum atomic E-state index is 4.08. The van der Waals surface area contributed by atoms with Gasteiger partial charge in [0.2, 0.25) is 0 Å². The summed E-state index contributed by atoms with van der Waals surface area (Å²) in [7, 11) is 0. The topological polar surface area (TPSA) is 52.7 Å². The smallest absolute Gasteiger partial charge is 0.0881 e. The van der Waals surface area contributed by atoms with E-state index in [0.717, 1.165) is 31.1 Å². The lowest BCUT2D eigenvalue weighted by molar-refractivity contribution is 0.390. The summed E-state index contributed by atoms with van der Waals surface area (Å²) in [5.74, 6) is 0.787. The summed E-state index contributed by atoms with van der Waals surface area (Å²) in [5.41, 5.74) is 2.28. The molecule has 1 aromatic carbocycles. The van der Waals surface area contributed by atoms with Crippen LogP contribution in [0.2, 0.25) is 0 Å². The number of fused-ring (bicyclic) bond motifs is 1. The van der Waals surface area contributed by atoms with Gasteiger partial charge in [-0.05, 0) is 37.9 Å². The molecule has 0 atom stereocenters. The predicted molar refractivity (Wildman–Crippen MR) is 70.2 cm³/mol. The minimum Gasteiger partial charge on any atom is -0.383 e. The predicted octanol–water partition coefficient (Wildman–Crippen LogP) is 1.97. The highest BCUT2D eigenvalue weighted by atomic mass is 15.1. The maximum absolute atomic E-state index is 4.08. The number of benzene rings is 1. The number of H-pyrrole nitrogens is 1. The molecule has 1 aliphatic heterocycles. The third-order valence-corrected chi connectivity index (χ3v) is 3.52. The number of nitrogens with one attached hydrogen (secondary N) is 3. The second kappa shape index (κ2) is 4.75. The van der Waals surface area contributed by atoms with E-state index >= 15 is 0 Å². The van der Waals surface area contributed by atoms with Gasteiger partial charge in [-0.25, -0.2) is 0 Å². The summed E-state index contributed by atoms with van der Waals surface area (Å²) in [4.78, 5) is 0. The van der Waals surface area contributed by atoms with E-state index in [1.54, 1.807) is 0 Å². The Hall–Kier alpha value is -1.55. The minimum absolute atomic E-state index is 0.787. The zero-order valence-corrected chi connectivity index (χ0v) is 9.87. The van der Waals surface area contributed by atoms with Gasteiger partial charge in [-0.3, -0.25) is 5.10 Å². The molecule has 1 saturated heterocycles. The van der Waals surface area contributed by atoms with E-state index in [4.69, 9.17) is 0 Å². The van der Waals surface area contributed by atoms with Crippen molar-refractivity contribution in [1.29, 1.82) is 0 Å². The van der Waals surface area contributed by atoms with Gasteiger partial charge in [0, 0.05) is 11.9 Å². The highest BCUT2D eigenvalue weighted by Gasteiger charge is 2.13.